The van der Waals surface area contributed by atoms with Crippen LogP contribution < -0.4 is 47.9 Å². The first kappa shape index (κ1) is 78.6. The summed E-state index contributed by atoms with van der Waals surface area (Å²) in [4.78, 5) is 0. The summed E-state index contributed by atoms with van der Waals surface area (Å²) in [6.07, 6.45) is 40.7. The first-order chi connectivity index (χ1) is 51.3. The van der Waals surface area contributed by atoms with Crippen molar-refractivity contribution in [3.05, 3.63) is 0 Å². The fraction of sp³-hybridized carbons (Fsp3) is 1.00. The van der Waals surface area contributed by atoms with E-state index in [1.807, 2.05) is 0 Å². The van der Waals surface area contributed by atoms with Gasteiger partial charge in [-0.1, -0.05) is 171 Å². The first-order valence-electron chi connectivity index (χ1n) is 46.1. The van der Waals surface area contributed by atoms with Crippen molar-refractivity contribution in [2.75, 3.05) is 59.4 Å². The second-order valence-electron chi connectivity index (χ2n) is 37.4. The van der Waals surface area contributed by atoms with E-state index in [4.69, 9.17) is 69.8 Å². The highest BCUT2D eigenvalue weighted by Crippen LogP contribution is 2.61. The minimum absolute atomic E-state index is 0.0159. The van der Waals surface area contributed by atoms with E-state index in [0.717, 1.165) is 199 Å². The minimum Gasteiger partial charge on any atom is -0.378 e. The Bertz CT molecular complexity index is 2400. The van der Waals surface area contributed by atoms with Gasteiger partial charge < -0.3 is 43.2 Å². The van der Waals surface area contributed by atoms with E-state index in [0.29, 0.717) is 41.4 Å². The van der Waals surface area contributed by atoms with Crippen molar-refractivity contribution >= 4 is 0 Å². The van der Waals surface area contributed by atoms with Crippen molar-refractivity contribution < 1.29 is 37.9 Å². The number of unbranched alkanes of at least 4 members (excludes halogenated alkanes) is 8. The molecule has 104 heavy (non-hydrogen) atoms. The van der Waals surface area contributed by atoms with Crippen LogP contribution in [0.1, 0.15) is 274 Å². The van der Waals surface area contributed by atoms with Gasteiger partial charge in [0, 0.05) is 112 Å². The number of hydrogen-bond donors (Lipinski definition) is 9. The van der Waals surface area contributed by atoms with E-state index < -0.39 is 0 Å². The molecule has 17 nitrogen and oxygen atoms in total. The van der Waals surface area contributed by atoms with Gasteiger partial charge in [0.2, 0.25) is 0 Å². The lowest BCUT2D eigenvalue weighted by Crippen LogP contribution is -2.68. The Hall–Kier alpha value is -0.680. The van der Waals surface area contributed by atoms with E-state index >= 15 is 0 Å². The third-order valence-electron chi connectivity index (χ3n) is 31.5. The van der Waals surface area contributed by atoms with E-state index in [1.54, 1.807) is 0 Å². The zero-order valence-electron chi connectivity index (χ0n) is 67.0. The highest BCUT2D eigenvalue weighted by molar-refractivity contribution is 5.21. The van der Waals surface area contributed by atoms with Crippen molar-refractivity contribution in [3.8, 4) is 0 Å². The van der Waals surface area contributed by atoms with Crippen LogP contribution in [0.2, 0.25) is 0 Å². The molecule has 6 aliphatic heterocycles. The van der Waals surface area contributed by atoms with Crippen LogP contribution >= 0.6 is 0 Å². The standard InChI is InChI=1S/C87H155N9O8/c1-9-17-40-97-72-56-36-29-30-37-57(56)73(98-41-18-10-2)64-63(72)80-89-81(64)95-87-70-69(74(99-42-19-11-3)58-38-31-39-88-71(58)79(70)104-47-24-16-8)86(96-87)94-85-68-67(77(102-45-22-14-6)61-50-54-34-27-28-35-55(54)51-62(61)78(68)103-46-23-15-7)84(93-85)92-83-66-65(82(90-80)91-83)75(100-43-20-12-4)59-48-52-32-25-26-33-53(52)49-60(59)76(66)101-44-21-13-5/h52-96H,9-51H2,1-8H3. The number of hydrogen-bond acceptors (Lipinski definition) is 17. The lowest BCUT2D eigenvalue weighted by molar-refractivity contribution is -0.191. The van der Waals surface area contributed by atoms with Crippen LogP contribution in [0, 0.1) is 112 Å². The molecule has 596 valence electrons. The van der Waals surface area contributed by atoms with Gasteiger partial charge in [0.1, 0.15) is 0 Å². The number of ether oxygens (including phenoxy) is 8. The van der Waals surface area contributed by atoms with Gasteiger partial charge in [-0.3, -0.25) is 42.5 Å². The summed E-state index contributed by atoms with van der Waals surface area (Å²) < 4.78 is 62.5. The van der Waals surface area contributed by atoms with Gasteiger partial charge in [-0.2, -0.15) is 0 Å². The normalized spacial score (nSPS) is 47.8. The smallest absolute Gasteiger partial charge is 0.0792 e. The third-order valence-corrected chi connectivity index (χ3v) is 31.5. The molecular formula is C87H155N9O8. The molecule has 15 rings (SSSR count). The average Bonchev–Trinajstić information content (AvgIpc) is 1.42. The maximum Gasteiger partial charge on any atom is 0.0792 e. The van der Waals surface area contributed by atoms with Crippen molar-refractivity contribution in [2.45, 2.75) is 378 Å². The molecule has 6 heterocycles. The Morgan fingerprint density at radius 3 is 0.673 bits per heavy atom. The molecule has 9 saturated carbocycles. The lowest BCUT2D eigenvalue weighted by Gasteiger charge is -2.57. The molecule has 15 aliphatic rings. The fourth-order valence-corrected chi connectivity index (χ4v) is 26.9. The monoisotopic (exact) mass is 1450 g/mol. The molecule has 0 radical (unpaired) electrons. The van der Waals surface area contributed by atoms with Crippen molar-refractivity contribution in [3.63, 3.8) is 0 Å². The molecule has 36 unspecified atom stereocenters. The minimum atomic E-state index is -0.109. The van der Waals surface area contributed by atoms with E-state index in [-0.39, 0.29) is 152 Å². The van der Waals surface area contributed by atoms with Crippen LogP contribution in [0.25, 0.3) is 0 Å². The number of fused-ring (bicyclic) bond motifs is 26. The van der Waals surface area contributed by atoms with Crippen LogP contribution in [-0.2, 0) is 37.9 Å². The SMILES string of the molecule is CCCCOC1C2CC3CCCCC3CC2C(OCCCC)C2C3NC(NC4NC(NC5NC(NC6NC(N3)C3C(OCCCC)C7CCCCC7C(OCCCC)C63)C3C(OCCCC)C6NCCCC6C(OCCCC)C53)C3C(OCCCC)C5CC6CCCCC6CC5C(OCCCC)C43)C12. The number of rotatable bonds is 32. The molecule has 6 saturated heterocycles. The Morgan fingerprint density at radius 1 is 0.221 bits per heavy atom. The summed E-state index contributed by atoms with van der Waals surface area (Å²) in [6, 6.07) is 0.190. The van der Waals surface area contributed by atoms with Gasteiger partial charge in [0.05, 0.1) is 98.2 Å². The molecular weight excluding hydrogens is 1300 g/mol. The largest absolute Gasteiger partial charge is 0.378 e. The zero-order valence-corrected chi connectivity index (χ0v) is 67.0. The predicted octanol–water partition coefficient (Wildman–Crippen LogP) is 13.7. The molecule has 17 heteroatoms. The second kappa shape index (κ2) is 37.5. The molecule has 0 aromatic carbocycles. The number of piperidine rings is 1. The van der Waals surface area contributed by atoms with Gasteiger partial charge in [0.25, 0.3) is 0 Å². The molecule has 0 amide bonds. The Kier molecular flexibility index (Phi) is 28.4. The Labute approximate surface area is 632 Å². The van der Waals surface area contributed by atoms with E-state index in [9.17, 15) is 0 Å². The van der Waals surface area contributed by atoms with E-state index in [1.165, 1.54) is 103 Å². The van der Waals surface area contributed by atoms with Crippen molar-refractivity contribution in [1.82, 2.24) is 47.9 Å². The van der Waals surface area contributed by atoms with Crippen molar-refractivity contribution in [2.24, 2.45) is 112 Å². The quantitative estimate of drug-likeness (QED) is 0.0290. The zero-order chi connectivity index (χ0) is 71.2. The summed E-state index contributed by atoms with van der Waals surface area (Å²) in [5.74, 6) is 7.07. The highest BCUT2D eigenvalue weighted by Gasteiger charge is 2.70. The number of nitrogens with one attached hydrogen (secondary N) is 9. The maximum atomic E-state index is 7.91. The van der Waals surface area contributed by atoms with Gasteiger partial charge in [0.15, 0.2) is 0 Å². The van der Waals surface area contributed by atoms with Crippen LogP contribution in [0.4, 0.5) is 0 Å². The van der Waals surface area contributed by atoms with Gasteiger partial charge >= 0.3 is 0 Å². The third kappa shape index (κ3) is 16.1. The van der Waals surface area contributed by atoms with Gasteiger partial charge in [-0.05, 0) is 168 Å². The molecule has 36 atom stereocenters. The molecule has 8 bridgehead atoms. The molecule has 0 aromatic heterocycles. The first-order valence-corrected chi connectivity index (χ1v) is 46.1. The van der Waals surface area contributed by atoms with Crippen LogP contribution in [-0.4, -0.2) is 164 Å². The lowest BCUT2D eigenvalue weighted by atomic mass is 9.53. The predicted molar refractivity (Wildman–Crippen MR) is 414 cm³/mol. The van der Waals surface area contributed by atoms with Crippen molar-refractivity contribution in [1.29, 1.82) is 0 Å². The molecule has 0 spiro atoms. The molecule has 9 N–H and O–H groups in total. The molecule has 9 aliphatic carbocycles. The molecule has 0 aromatic rings. The van der Waals surface area contributed by atoms with Crippen LogP contribution in [0.5, 0.6) is 0 Å². The fourth-order valence-electron chi connectivity index (χ4n) is 26.9. The Balaban J connectivity index is 0.923. The molecule has 15 fully saturated rings. The van der Waals surface area contributed by atoms with Crippen LogP contribution in [0.3, 0.4) is 0 Å². The average molecular weight is 1460 g/mol. The van der Waals surface area contributed by atoms with Gasteiger partial charge in [-0.25, -0.2) is 0 Å². The maximum absolute atomic E-state index is 7.91. The summed E-state index contributed by atoms with van der Waals surface area (Å²) >= 11 is 0. The summed E-state index contributed by atoms with van der Waals surface area (Å²) in [7, 11) is 0. The summed E-state index contributed by atoms with van der Waals surface area (Å²) in [6.45, 7) is 26.2. The Morgan fingerprint density at radius 2 is 0.423 bits per heavy atom. The van der Waals surface area contributed by atoms with E-state index in [2.05, 4.69) is 71.3 Å². The topological polar surface area (TPSA) is 182 Å². The summed E-state index contributed by atoms with van der Waals surface area (Å²) in [5.41, 5.74) is 0. The summed E-state index contributed by atoms with van der Waals surface area (Å²) in [5, 5.41) is 42.3. The second-order valence-corrected chi connectivity index (χ2v) is 37.4. The highest BCUT2D eigenvalue weighted by atomic mass is 16.5. The van der Waals surface area contributed by atoms with Crippen LogP contribution in [0.15, 0.2) is 0 Å². The van der Waals surface area contributed by atoms with Gasteiger partial charge in [-0.15, -0.1) is 0 Å².